The van der Waals surface area contributed by atoms with E-state index in [9.17, 15) is 0 Å². The predicted octanol–water partition coefficient (Wildman–Crippen LogP) is 3.35. The number of para-hydroxylation sites is 1. The number of hydrogen-bond acceptors (Lipinski definition) is 2. The summed E-state index contributed by atoms with van der Waals surface area (Å²) in [6.45, 7) is 5.79. The Labute approximate surface area is 105 Å². The molecule has 1 aromatic carbocycles. The van der Waals surface area contributed by atoms with Crippen molar-refractivity contribution in [2.75, 3.05) is 18.5 Å². The molecule has 1 aliphatic heterocycles. The number of nitrogens with zero attached hydrogens (tertiary/aromatic N) is 1. The van der Waals surface area contributed by atoms with Crippen molar-refractivity contribution in [2.24, 2.45) is 0 Å². The molecule has 2 rings (SSSR count). The molecule has 94 valence electrons. The Hall–Kier alpha value is -1.02. The van der Waals surface area contributed by atoms with Crippen LogP contribution in [0.1, 0.15) is 44.7 Å². The minimum absolute atomic E-state index is 0.471. The molecule has 0 radical (unpaired) electrons. The van der Waals surface area contributed by atoms with Gasteiger partial charge in [0.05, 0.1) is 0 Å². The molecular formula is C15H24N2. The highest BCUT2D eigenvalue weighted by atomic mass is 15.2. The summed E-state index contributed by atoms with van der Waals surface area (Å²) >= 11 is 0. The van der Waals surface area contributed by atoms with Gasteiger partial charge in [-0.3, -0.25) is 0 Å². The number of nitrogens with one attached hydrogen (secondary N) is 1. The van der Waals surface area contributed by atoms with E-state index in [1.165, 1.54) is 30.6 Å². The van der Waals surface area contributed by atoms with Gasteiger partial charge in [-0.1, -0.05) is 25.1 Å². The fourth-order valence-electron chi connectivity index (χ4n) is 2.91. The Morgan fingerprint density at radius 3 is 2.76 bits per heavy atom. The quantitative estimate of drug-likeness (QED) is 0.856. The van der Waals surface area contributed by atoms with Crippen molar-refractivity contribution >= 4 is 5.69 Å². The average molecular weight is 232 g/mol. The van der Waals surface area contributed by atoms with Crippen LogP contribution in [0.4, 0.5) is 5.69 Å². The van der Waals surface area contributed by atoms with Crippen molar-refractivity contribution in [3.8, 4) is 0 Å². The van der Waals surface area contributed by atoms with Gasteiger partial charge in [0.2, 0.25) is 0 Å². The summed E-state index contributed by atoms with van der Waals surface area (Å²) in [5, 5.41) is 3.42. The maximum atomic E-state index is 3.42. The fourth-order valence-corrected chi connectivity index (χ4v) is 2.91. The monoisotopic (exact) mass is 232 g/mol. The lowest BCUT2D eigenvalue weighted by molar-refractivity contribution is 0.574. The second-order valence-corrected chi connectivity index (χ2v) is 4.99. The van der Waals surface area contributed by atoms with E-state index in [1.54, 1.807) is 0 Å². The minimum Gasteiger partial charge on any atom is -0.369 e. The molecule has 0 saturated carbocycles. The lowest BCUT2D eigenvalue weighted by Crippen LogP contribution is -2.29. The van der Waals surface area contributed by atoms with Gasteiger partial charge in [0, 0.05) is 24.3 Å². The average Bonchev–Trinajstić information content (AvgIpc) is 2.78. The minimum atomic E-state index is 0.471. The second kappa shape index (κ2) is 5.54. The van der Waals surface area contributed by atoms with Crippen LogP contribution in [-0.4, -0.2) is 19.6 Å². The molecule has 1 saturated heterocycles. The van der Waals surface area contributed by atoms with Crippen LogP contribution >= 0.6 is 0 Å². The zero-order valence-electron chi connectivity index (χ0n) is 11.2. The molecule has 2 unspecified atom stereocenters. The first kappa shape index (κ1) is 12.4. The molecule has 2 heteroatoms. The lowest BCUT2D eigenvalue weighted by Gasteiger charge is -2.29. The van der Waals surface area contributed by atoms with E-state index in [4.69, 9.17) is 0 Å². The third kappa shape index (κ3) is 2.47. The lowest BCUT2D eigenvalue weighted by atomic mass is 10.0. The van der Waals surface area contributed by atoms with Gasteiger partial charge in [0.1, 0.15) is 0 Å². The van der Waals surface area contributed by atoms with Crippen molar-refractivity contribution in [1.82, 2.24) is 5.32 Å². The standard InChI is InChI=1S/C15H24N2/c1-4-14(16-3)13-9-5-6-10-15(13)17-11-7-8-12(17)2/h5-6,9-10,12,14,16H,4,7-8,11H2,1-3H3. The molecule has 0 spiro atoms. The molecule has 0 amide bonds. The molecule has 1 heterocycles. The summed E-state index contributed by atoms with van der Waals surface area (Å²) in [5.41, 5.74) is 2.88. The summed E-state index contributed by atoms with van der Waals surface area (Å²) in [5.74, 6) is 0. The maximum Gasteiger partial charge on any atom is 0.0417 e. The summed E-state index contributed by atoms with van der Waals surface area (Å²) < 4.78 is 0. The molecule has 2 atom stereocenters. The maximum absolute atomic E-state index is 3.42. The molecule has 0 aliphatic carbocycles. The van der Waals surface area contributed by atoms with Crippen LogP contribution in [0, 0.1) is 0 Å². The van der Waals surface area contributed by atoms with Crippen molar-refractivity contribution in [3.63, 3.8) is 0 Å². The van der Waals surface area contributed by atoms with Crippen LogP contribution in [0.2, 0.25) is 0 Å². The van der Waals surface area contributed by atoms with E-state index >= 15 is 0 Å². The smallest absolute Gasteiger partial charge is 0.0417 e. The number of anilines is 1. The van der Waals surface area contributed by atoms with Crippen LogP contribution < -0.4 is 10.2 Å². The first-order valence-electron chi connectivity index (χ1n) is 6.80. The Morgan fingerprint density at radius 1 is 1.41 bits per heavy atom. The van der Waals surface area contributed by atoms with Gasteiger partial charge in [0.15, 0.2) is 0 Å². The summed E-state index contributed by atoms with van der Waals surface area (Å²) in [6, 6.07) is 10.0. The van der Waals surface area contributed by atoms with Gasteiger partial charge in [-0.2, -0.15) is 0 Å². The molecule has 1 aromatic rings. The van der Waals surface area contributed by atoms with Crippen molar-refractivity contribution < 1.29 is 0 Å². The predicted molar refractivity (Wildman–Crippen MR) is 74.6 cm³/mol. The highest BCUT2D eigenvalue weighted by Gasteiger charge is 2.23. The Balaban J connectivity index is 2.32. The zero-order chi connectivity index (χ0) is 12.3. The molecule has 1 aliphatic rings. The molecule has 17 heavy (non-hydrogen) atoms. The first-order chi connectivity index (χ1) is 8.27. The molecule has 2 nitrogen and oxygen atoms in total. The van der Waals surface area contributed by atoms with Gasteiger partial charge < -0.3 is 10.2 Å². The zero-order valence-corrected chi connectivity index (χ0v) is 11.2. The first-order valence-corrected chi connectivity index (χ1v) is 6.80. The van der Waals surface area contributed by atoms with Crippen LogP contribution in [-0.2, 0) is 0 Å². The summed E-state index contributed by atoms with van der Waals surface area (Å²) in [4.78, 5) is 2.56. The van der Waals surface area contributed by atoms with E-state index in [2.05, 4.69) is 55.4 Å². The second-order valence-electron chi connectivity index (χ2n) is 4.99. The van der Waals surface area contributed by atoms with Crippen LogP contribution in [0.5, 0.6) is 0 Å². The Bertz CT molecular complexity index is 358. The van der Waals surface area contributed by atoms with Crippen molar-refractivity contribution in [1.29, 1.82) is 0 Å². The molecule has 1 fully saturated rings. The largest absolute Gasteiger partial charge is 0.369 e. The Kier molecular flexibility index (Phi) is 4.06. The third-order valence-corrected chi connectivity index (χ3v) is 3.93. The topological polar surface area (TPSA) is 15.3 Å². The van der Waals surface area contributed by atoms with Gasteiger partial charge in [-0.25, -0.2) is 0 Å². The Morgan fingerprint density at radius 2 is 2.18 bits per heavy atom. The molecule has 0 bridgehead atoms. The van der Waals surface area contributed by atoms with Crippen molar-refractivity contribution in [2.45, 2.75) is 45.2 Å². The van der Waals surface area contributed by atoms with Crippen LogP contribution in [0.3, 0.4) is 0 Å². The van der Waals surface area contributed by atoms with Gasteiger partial charge in [-0.05, 0) is 44.9 Å². The number of hydrogen-bond donors (Lipinski definition) is 1. The van der Waals surface area contributed by atoms with E-state index in [1.807, 2.05) is 0 Å². The highest BCUT2D eigenvalue weighted by Crippen LogP contribution is 2.32. The van der Waals surface area contributed by atoms with E-state index in [-0.39, 0.29) is 0 Å². The molecule has 1 N–H and O–H groups in total. The fraction of sp³-hybridized carbons (Fsp3) is 0.600. The van der Waals surface area contributed by atoms with E-state index in [0.29, 0.717) is 12.1 Å². The highest BCUT2D eigenvalue weighted by molar-refractivity contribution is 5.56. The van der Waals surface area contributed by atoms with Gasteiger partial charge in [-0.15, -0.1) is 0 Å². The van der Waals surface area contributed by atoms with Gasteiger partial charge in [0.25, 0.3) is 0 Å². The SMILES string of the molecule is CCC(NC)c1ccccc1N1CCCC1C. The molecule has 0 aromatic heterocycles. The van der Waals surface area contributed by atoms with Crippen LogP contribution in [0.25, 0.3) is 0 Å². The normalized spacial score (nSPS) is 21.8. The third-order valence-electron chi connectivity index (χ3n) is 3.93. The van der Waals surface area contributed by atoms with E-state index < -0.39 is 0 Å². The van der Waals surface area contributed by atoms with Crippen molar-refractivity contribution in [3.05, 3.63) is 29.8 Å². The number of rotatable bonds is 4. The summed E-state index contributed by atoms with van der Waals surface area (Å²) in [6.07, 6.45) is 3.78. The van der Waals surface area contributed by atoms with Crippen LogP contribution in [0.15, 0.2) is 24.3 Å². The number of benzene rings is 1. The van der Waals surface area contributed by atoms with Gasteiger partial charge >= 0.3 is 0 Å². The molecular weight excluding hydrogens is 208 g/mol. The summed E-state index contributed by atoms with van der Waals surface area (Å²) in [7, 11) is 2.05. The van der Waals surface area contributed by atoms with E-state index in [0.717, 1.165) is 6.42 Å².